The molecule has 82 valence electrons. The van der Waals surface area contributed by atoms with Crippen LogP contribution in [0.3, 0.4) is 0 Å². The van der Waals surface area contributed by atoms with E-state index in [0.717, 1.165) is 0 Å². The van der Waals surface area contributed by atoms with Crippen LogP contribution >= 0.6 is 0 Å². The Hall–Kier alpha value is -1.66. The molecule has 0 spiro atoms. The van der Waals surface area contributed by atoms with Gasteiger partial charge in [-0.3, -0.25) is 4.79 Å². The van der Waals surface area contributed by atoms with Crippen molar-refractivity contribution in [3.05, 3.63) is 39.9 Å². The first-order valence-corrected chi connectivity index (χ1v) is 4.69. The number of halogens is 1. The number of H-pyrrole nitrogens is 1. The van der Waals surface area contributed by atoms with Crippen molar-refractivity contribution in [2.45, 2.75) is 6.92 Å². The highest BCUT2D eigenvalue weighted by Crippen LogP contribution is 2.16. The van der Waals surface area contributed by atoms with Gasteiger partial charge in [-0.15, -0.1) is 0 Å². The van der Waals surface area contributed by atoms with Crippen LogP contribution in [0, 0.1) is 12.7 Å². The molecule has 0 saturated carbocycles. The number of rotatable bonds is 1. The predicted octanol–water partition coefficient (Wildman–Crippen LogP) is -0.345. The molecule has 4 nitrogen and oxygen atoms in total. The molecule has 1 heterocycles. The molecule has 6 heteroatoms. The van der Waals surface area contributed by atoms with Crippen molar-refractivity contribution < 1.29 is 14.4 Å². The topological polar surface area (TPSA) is 73.3 Å². The van der Waals surface area contributed by atoms with Gasteiger partial charge in [-0.25, -0.2) is 4.39 Å². The average molecular weight is 221 g/mol. The molecule has 0 aliphatic heterocycles. The first kappa shape index (κ1) is 10.8. The molecule has 16 heavy (non-hydrogen) atoms. The third-order valence-corrected chi connectivity index (χ3v) is 2.48. The molecule has 0 radical (unpaired) electrons. The van der Waals surface area contributed by atoms with Gasteiger partial charge in [0.25, 0.3) is 5.56 Å². The molecule has 0 saturated heterocycles. The summed E-state index contributed by atoms with van der Waals surface area (Å²) < 4.78 is 13.4. The van der Waals surface area contributed by atoms with Gasteiger partial charge in [0.05, 0.1) is 5.39 Å². The molecule has 3 N–H and O–H groups in total. The summed E-state index contributed by atoms with van der Waals surface area (Å²) in [5.74, 6) is -0.624. The van der Waals surface area contributed by atoms with Crippen molar-refractivity contribution in [2.24, 2.45) is 0 Å². The maximum atomic E-state index is 13.4. The highest BCUT2D eigenvalue weighted by Gasteiger charge is 2.16. The van der Waals surface area contributed by atoms with Gasteiger partial charge in [0.15, 0.2) is 0 Å². The van der Waals surface area contributed by atoms with E-state index >= 15 is 0 Å². The second-order valence-electron chi connectivity index (χ2n) is 3.58. The maximum absolute atomic E-state index is 13.4. The first-order valence-electron chi connectivity index (χ1n) is 4.69. The first-order chi connectivity index (χ1) is 7.50. The van der Waals surface area contributed by atoms with E-state index in [1.54, 1.807) is 6.92 Å². The molecule has 1 aromatic heterocycles. The van der Waals surface area contributed by atoms with E-state index in [1.807, 2.05) is 0 Å². The van der Waals surface area contributed by atoms with Crippen molar-refractivity contribution in [2.75, 3.05) is 0 Å². The summed E-state index contributed by atoms with van der Waals surface area (Å²) in [4.78, 5) is 13.8. The summed E-state index contributed by atoms with van der Waals surface area (Å²) in [7, 11) is -1.78. The van der Waals surface area contributed by atoms with E-state index < -0.39 is 18.5 Å². The minimum absolute atomic E-state index is 0.0498. The molecule has 0 unspecified atom stereocenters. The number of aromatic amines is 1. The zero-order valence-corrected chi connectivity index (χ0v) is 8.49. The van der Waals surface area contributed by atoms with Crippen LogP contribution in [0.4, 0.5) is 4.39 Å². The van der Waals surface area contributed by atoms with Gasteiger partial charge in [-0.2, -0.15) is 0 Å². The van der Waals surface area contributed by atoms with Crippen LogP contribution in [0.1, 0.15) is 5.56 Å². The van der Waals surface area contributed by atoms with Gasteiger partial charge in [0.2, 0.25) is 0 Å². The molecule has 0 amide bonds. The Morgan fingerprint density at radius 3 is 2.69 bits per heavy atom. The number of nitrogens with one attached hydrogen (secondary N) is 1. The van der Waals surface area contributed by atoms with Crippen LogP contribution < -0.4 is 11.2 Å². The van der Waals surface area contributed by atoms with E-state index in [9.17, 15) is 9.18 Å². The summed E-state index contributed by atoms with van der Waals surface area (Å²) in [5.41, 5.74) is -0.0163. The van der Waals surface area contributed by atoms with Crippen molar-refractivity contribution in [3.63, 3.8) is 0 Å². The Bertz CT molecular complexity index is 609. The molecule has 1 aromatic carbocycles. The standard InChI is InChI=1S/C10H9BFNO3/c1-5-2-3-7(12)9-6(5)4-8(11(15)16)13-10(9)14/h2-4,15-16H,1H3,(H,13,14). The number of fused-ring (bicyclic) bond motifs is 1. The Labute approximate surface area is 90.5 Å². The number of pyridine rings is 1. The number of benzene rings is 1. The van der Waals surface area contributed by atoms with E-state index in [2.05, 4.69) is 4.98 Å². The molecule has 0 aliphatic rings. The van der Waals surface area contributed by atoms with Crippen molar-refractivity contribution in [1.29, 1.82) is 0 Å². The lowest BCUT2D eigenvalue weighted by molar-refractivity contribution is 0.424. The summed E-state index contributed by atoms with van der Waals surface area (Å²) in [6, 6.07) is 4.10. The number of aryl methyl sites for hydroxylation is 1. The normalized spacial score (nSPS) is 10.8. The largest absolute Gasteiger partial charge is 0.505 e. The fourth-order valence-electron chi connectivity index (χ4n) is 1.64. The highest BCUT2D eigenvalue weighted by molar-refractivity contribution is 6.57. The smallest absolute Gasteiger partial charge is 0.422 e. The van der Waals surface area contributed by atoms with E-state index in [-0.39, 0.29) is 11.0 Å². The lowest BCUT2D eigenvalue weighted by Crippen LogP contribution is -2.36. The van der Waals surface area contributed by atoms with Gasteiger partial charge >= 0.3 is 7.12 Å². The molecule has 2 aromatic rings. The van der Waals surface area contributed by atoms with E-state index in [0.29, 0.717) is 10.9 Å². The van der Waals surface area contributed by atoms with Crippen LogP contribution in [-0.2, 0) is 0 Å². The second-order valence-corrected chi connectivity index (χ2v) is 3.58. The molecule has 0 fully saturated rings. The van der Waals surface area contributed by atoms with Crippen LogP contribution in [0.15, 0.2) is 23.0 Å². The van der Waals surface area contributed by atoms with Crippen LogP contribution in [-0.4, -0.2) is 22.2 Å². The Morgan fingerprint density at radius 1 is 1.38 bits per heavy atom. The maximum Gasteiger partial charge on any atom is 0.505 e. The second kappa shape index (κ2) is 3.73. The van der Waals surface area contributed by atoms with Crippen LogP contribution in [0.5, 0.6) is 0 Å². The minimum atomic E-state index is -1.78. The van der Waals surface area contributed by atoms with Gasteiger partial charge < -0.3 is 15.0 Å². The number of hydrogen-bond donors (Lipinski definition) is 3. The molecule has 0 atom stereocenters. The average Bonchev–Trinajstić information content (AvgIpc) is 2.22. The van der Waals surface area contributed by atoms with Gasteiger partial charge in [-0.1, -0.05) is 6.07 Å². The van der Waals surface area contributed by atoms with Crippen molar-refractivity contribution in [3.8, 4) is 0 Å². The fraction of sp³-hybridized carbons (Fsp3) is 0.100. The zero-order chi connectivity index (χ0) is 11.9. The molecular formula is C10H9BFNO3. The van der Waals surface area contributed by atoms with Crippen molar-refractivity contribution >= 4 is 23.5 Å². The molecule has 0 bridgehead atoms. The van der Waals surface area contributed by atoms with Gasteiger partial charge in [-0.05, 0) is 30.0 Å². The quantitative estimate of drug-likeness (QED) is 0.576. The minimum Gasteiger partial charge on any atom is -0.422 e. The van der Waals surface area contributed by atoms with Crippen LogP contribution in [0.2, 0.25) is 0 Å². The Morgan fingerprint density at radius 2 is 2.06 bits per heavy atom. The van der Waals surface area contributed by atoms with E-state index in [1.165, 1.54) is 18.2 Å². The third kappa shape index (κ3) is 1.62. The lowest BCUT2D eigenvalue weighted by Gasteiger charge is -2.05. The summed E-state index contributed by atoms with van der Waals surface area (Å²) in [6.45, 7) is 1.72. The van der Waals surface area contributed by atoms with E-state index in [4.69, 9.17) is 10.0 Å². The van der Waals surface area contributed by atoms with Gasteiger partial charge in [0.1, 0.15) is 5.82 Å². The molecule has 2 rings (SSSR count). The monoisotopic (exact) mass is 221 g/mol. The van der Waals surface area contributed by atoms with Crippen LogP contribution in [0.25, 0.3) is 10.8 Å². The fourth-order valence-corrected chi connectivity index (χ4v) is 1.64. The summed E-state index contributed by atoms with van der Waals surface area (Å²) in [5, 5.41) is 18.2. The Kier molecular flexibility index (Phi) is 2.53. The predicted molar refractivity (Wildman–Crippen MR) is 59.1 cm³/mol. The third-order valence-electron chi connectivity index (χ3n) is 2.48. The number of aromatic nitrogens is 1. The van der Waals surface area contributed by atoms with Crippen molar-refractivity contribution in [1.82, 2.24) is 4.98 Å². The zero-order valence-electron chi connectivity index (χ0n) is 8.49. The van der Waals surface area contributed by atoms with Gasteiger partial charge in [0, 0.05) is 5.59 Å². The summed E-state index contributed by atoms with van der Waals surface area (Å²) in [6.07, 6.45) is 0. The summed E-state index contributed by atoms with van der Waals surface area (Å²) >= 11 is 0. The SMILES string of the molecule is Cc1ccc(F)c2c(=O)[nH]c(B(O)O)cc12. The Balaban J connectivity index is 2.92. The highest BCUT2D eigenvalue weighted by atomic mass is 19.1. The molecule has 0 aliphatic carbocycles. The number of hydrogen-bond acceptors (Lipinski definition) is 3. The lowest BCUT2D eigenvalue weighted by atomic mass is 9.84. The molecular weight excluding hydrogens is 212 g/mol.